The molecule has 31 heavy (non-hydrogen) atoms. The Morgan fingerprint density at radius 2 is 1.74 bits per heavy atom. The number of halogens is 5. The number of ether oxygens (including phenoxy) is 1. The maximum Gasteiger partial charge on any atom is 0.306 e. The minimum absolute atomic E-state index is 0.167. The van der Waals surface area contributed by atoms with Gasteiger partial charge in [-0.05, 0) is 103 Å². The molecule has 2 rings (SSSR count). The molecule has 0 aliphatic carbocycles. The average molecular weight is 692 g/mol. The fourth-order valence-corrected chi connectivity index (χ4v) is 4.27. The molecule has 0 saturated carbocycles. The summed E-state index contributed by atoms with van der Waals surface area (Å²) >= 11 is 9.70. The molecule has 0 heterocycles. The van der Waals surface area contributed by atoms with Gasteiger partial charge in [0.25, 0.3) is 0 Å². The largest absolute Gasteiger partial charge is 0.465 e. The average Bonchev–Trinajstić information content (AvgIpc) is 2.74. The summed E-state index contributed by atoms with van der Waals surface area (Å²) in [4.78, 5) is 12.6. The van der Waals surface area contributed by atoms with Gasteiger partial charge in [-0.3, -0.25) is 4.79 Å². The van der Waals surface area contributed by atoms with E-state index in [2.05, 4.69) is 68.3 Å². The van der Waals surface area contributed by atoms with E-state index in [4.69, 9.17) is 4.74 Å². The molecule has 0 aliphatic heterocycles. The first kappa shape index (κ1) is 28.8. The molecule has 8 heteroatoms. The second-order valence-corrected chi connectivity index (χ2v) is 11.0. The van der Waals surface area contributed by atoms with Crippen LogP contribution in [-0.4, -0.2) is 18.3 Å². The van der Waals surface area contributed by atoms with Crippen molar-refractivity contribution in [2.75, 3.05) is 12.4 Å². The van der Waals surface area contributed by atoms with E-state index in [0.717, 1.165) is 21.3 Å². The first-order chi connectivity index (χ1) is 14.8. The highest BCUT2D eigenvalue weighted by molar-refractivity contribution is 14.1. The van der Waals surface area contributed by atoms with Crippen LogP contribution in [0.25, 0.3) is 0 Å². The lowest BCUT2D eigenvalue weighted by Crippen LogP contribution is -2.14. The third-order valence-electron chi connectivity index (χ3n) is 4.37. The van der Waals surface area contributed by atoms with E-state index in [1.165, 1.54) is 36.7 Å². The minimum atomic E-state index is -0.283. The molecule has 0 radical (unpaired) electrons. The Bertz CT molecular complexity index is 824. The summed E-state index contributed by atoms with van der Waals surface area (Å²) in [6, 6.07) is 9.99. The van der Waals surface area contributed by atoms with E-state index >= 15 is 0 Å². The van der Waals surface area contributed by atoms with Crippen molar-refractivity contribution in [2.24, 2.45) is 5.92 Å². The molecule has 0 aromatic heterocycles. The van der Waals surface area contributed by atoms with Crippen molar-refractivity contribution < 1.29 is 18.3 Å². The number of carbonyl (C=O) groups excluding carboxylic acids is 1. The van der Waals surface area contributed by atoms with Gasteiger partial charge in [-0.1, -0.05) is 33.1 Å². The molecule has 2 nitrogen and oxygen atoms in total. The molecule has 0 spiro atoms. The van der Waals surface area contributed by atoms with Gasteiger partial charge in [0.1, 0.15) is 11.6 Å². The van der Waals surface area contributed by atoms with Crippen molar-refractivity contribution >= 4 is 72.2 Å². The highest BCUT2D eigenvalue weighted by Crippen LogP contribution is 2.24. The first-order valence-electron chi connectivity index (χ1n) is 10.1. The van der Waals surface area contributed by atoms with Crippen molar-refractivity contribution in [2.45, 2.75) is 50.8 Å². The zero-order chi connectivity index (χ0) is 23.2. The fourth-order valence-electron chi connectivity index (χ4n) is 2.47. The lowest BCUT2D eigenvalue weighted by atomic mass is 10.0. The summed E-state index contributed by atoms with van der Waals surface area (Å²) in [7, 11) is 0. The summed E-state index contributed by atoms with van der Waals surface area (Å²) in [6.45, 7) is 4.82. The zero-order valence-corrected chi connectivity index (χ0v) is 23.8. The predicted octanol–water partition coefficient (Wildman–Crippen LogP) is 9.02. The Morgan fingerprint density at radius 1 is 1.10 bits per heavy atom. The van der Waals surface area contributed by atoms with Gasteiger partial charge in [-0.15, -0.1) is 11.8 Å². The molecule has 172 valence electrons. The van der Waals surface area contributed by atoms with Gasteiger partial charge in [0.15, 0.2) is 0 Å². The zero-order valence-electron chi connectivity index (χ0n) is 17.6. The third kappa shape index (κ3) is 12.6. The van der Waals surface area contributed by atoms with E-state index in [1.807, 2.05) is 12.1 Å². The Labute approximate surface area is 218 Å². The maximum absolute atomic E-state index is 13.4. The van der Waals surface area contributed by atoms with Crippen molar-refractivity contribution in [1.82, 2.24) is 0 Å². The van der Waals surface area contributed by atoms with Gasteiger partial charge < -0.3 is 4.74 Å². The molecule has 0 saturated heterocycles. The number of hydrogen-bond acceptors (Lipinski definition) is 3. The molecule has 1 unspecified atom stereocenters. The Balaban J connectivity index is 0.000000442. The molecular weight excluding hydrogens is 665 g/mol. The van der Waals surface area contributed by atoms with Crippen LogP contribution in [-0.2, 0) is 9.53 Å². The first-order valence-corrected chi connectivity index (χ1v) is 13.8. The number of rotatable bonds is 10. The van der Waals surface area contributed by atoms with Crippen molar-refractivity contribution in [1.29, 1.82) is 0 Å². The summed E-state index contributed by atoms with van der Waals surface area (Å²) in [5, 5.41) is 0. The number of benzene rings is 2. The highest BCUT2D eigenvalue weighted by atomic mass is 127. The molecule has 0 amide bonds. The van der Waals surface area contributed by atoms with Crippen LogP contribution in [0.4, 0.5) is 8.78 Å². The van der Waals surface area contributed by atoms with Crippen LogP contribution in [0.3, 0.4) is 0 Å². The monoisotopic (exact) mass is 690 g/mol. The van der Waals surface area contributed by atoms with Gasteiger partial charge in [0.05, 0.1) is 22.0 Å². The van der Waals surface area contributed by atoms with Gasteiger partial charge in [-0.2, -0.15) is 0 Å². The van der Waals surface area contributed by atoms with Crippen molar-refractivity contribution in [3.63, 3.8) is 0 Å². The quantitative estimate of drug-likeness (QED) is 0.108. The number of unbranched alkanes of at least 4 members (excludes halogenated alkanes) is 1. The second-order valence-electron chi connectivity index (χ2n) is 6.83. The van der Waals surface area contributed by atoms with Gasteiger partial charge >= 0.3 is 5.97 Å². The fraction of sp³-hybridized carbons (Fsp3) is 0.435. The molecule has 1 atom stereocenters. The van der Waals surface area contributed by atoms with Gasteiger partial charge in [0, 0.05) is 14.2 Å². The van der Waals surface area contributed by atoms with E-state index in [9.17, 15) is 13.6 Å². The van der Waals surface area contributed by atoms with E-state index in [1.54, 1.807) is 12.1 Å². The lowest BCUT2D eigenvalue weighted by Gasteiger charge is -2.14. The summed E-state index contributed by atoms with van der Waals surface area (Å²) in [5.74, 6) is 0.416. The van der Waals surface area contributed by atoms with E-state index in [-0.39, 0.29) is 17.6 Å². The van der Waals surface area contributed by atoms with Gasteiger partial charge in [0.2, 0.25) is 0 Å². The molecule has 0 bridgehead atoms. The molecular formula is C23H27Br2F2IO2S. The number of thioether (sulfide) groups is 1. The number of carbonyl (C=O) groups is 1. The molecule has 0 fully saturated rings. The van der Waals surface area contributed by atoms with Crippen LogP contribution in [0.1, 0.15) is 46.0 Å². The summed E-state index contributed by atoms with van der Waals surface area (Å²) in [5.41, 5.74) is 0. The Morgan fingerprint density at radius 3 is 2.29 bits per heavy atom. The highest BCUT2D eigenvalue weighted by Gasteiger charge is 2.10. The summed E-state index contributed by atoms with van der Waals surface area (Å²) in [6.07, 6.45) is 4.87. The Hall–Kier alpha value is -0.190. The summed E-state index contributed by atoms with van der Waals surface area (Å²) < 4.78 is 33.1. The lowest BCUT2D eigenvalue weighted by molar-refractivity contribution is -0.144. The van der Waals surface area contributed by atoms with Crippen LogP contribution >= 0.6 is 66.2 Å². The van der Waals surface area contributed by atoms with E-state index < -0.39 is 0 Å². The topological polar surface area (TPSA) is 26.3 Å². The number of hydrogen-bond donors (Lipinski definition) is 0. The maximum atomic E-state index is 13.4. The van der Waals surface area contributed by atoms with E-state index in [0.29, 0.717) is 33.6 Å². The standard InChI is InChI=1S/C17H24BrFO2S.C6H3BrFI/c1-3-5-6-13(4-2)12-21-17(20)9-10-22-14-7-8-15(18)16(19)11-14;7-5-2-1-4(9)3-6(5)8/h7-8,11,13H,3-6,9-10,12H2,1-2H3;1-3H. The molecule has 2 aromatic rings. The Kier molecular flexibility index (Phi) is 15.3. The second kappa shape index (κ2) is 16.4. The molecule has 2 aromatic carbocycles. The predicted molar refractivity (Wildman–Crippen MR) is 141 cm³/mol. The van der Waals surface area contributed by atoms with Crippen LogP contribution in [0.15, 0.2) is 50.2 Å². The van der Waals surface area contributed by atoms with Crippen LogP contribution in [0, 0.1) is 21.1 Å². The van der Waals surface area contributed by atoms with Crippen LogP contribution < -0.4 is 0 Å². The van der Waals surface area contributed by atoms with Gasteiger partial charge in [-0.25, -0.2) is 8.78 Å². The third-order valence-corrected chi connectivity index (χ3v) is 7.32. The van der Waals surface area contributed by atoms with Crippen LogP contribution in [0.2, 0.25) is 0 Å². The minimum Gasteiger partial charge on any atom is -0.465 e. The molecule has 0 N–H and O–H groups in total. The van der Waals surface area contributed by atoms with Crippen LogP contribution in [0.5, 0.6) is 0 Å². The van der Waals surface area contributed by atoms with Crippen molar-refractivity contribution in [3.05, 3.63) is 60.5 Å². The van der Waals surface area contributed by atoms with Crippen molar-refractivity contribution in [3.8, 4) is 0 Å². The molecule has 0 aliphatic rings. The SMILES string of the molecule is CCCCC(CC)COC(=O)CCSc1ccc(Br)c(F)c1.Fc1cc(I)ccc1Br. The smallest absolute Gasteiger partial charge is 0.306 e. The normalized spacial score (nSPS) is 11.5. The number of esters is 1.